The molecule has 7 nitrogen and oxygen atoms in total. The topological polar surface area (TPSA) is 59.3 Å². The Labute approximate surface area is 136 Å². The Morgan fingerprint density at radius 1 is 1.13 bits per heavy atom. The summed E-state index contributed by atoms with van der Waals surface area (Å²) in [5.41, 5.74) is 0. The highest BCUT2D eigenvalue weighted by Gasteiger charge is 2.17. The molecular weight excluding hydrogens is 292 g/mol. The molecule has 2 aromatic rings. The van der Waals surface area contributed by atoms with Gasteiger partial charge in [-0.25, -0.2) is 4.98 Å². The molecule has 0 aliphatic carbocycles. The lowest BCUT2D eigenvalue weighted by molar-refractivity contribution is 0.276. The van der Waals surface area contributed by atoms with Crippen LogP contribution in [0.5, 0.6) is 5.88 Å². The van der Waals surface area contributed by atoms with Crippen molar-refractivity contribution < 1.29 is 4.74 Å². The molecule has 1 saturated heterocycles. The molecule has 1 fully saturated rings. The molecule has 1 aliphatic rings. The molecule has 0 unspecified atom stereocenters. The van der Waals surface area contributed by atoms with Crippen molar-refractivity contribution in [2.45, 2.75) is 19.9 Å². The summed E-state index contributed by atoms with van der Waals surface area (Å²) in [4.78, 5) is 13.6. The van der Waals surface area contributed by atoms with E-state index < -0.39 is 0 Å². The summed E-state index contributed by atoms with van der Waals surface area (Å²) >= 11 is 0. The highest BCUT2D eigenvalue weighted by Crippen LogP contribution is 2.15. The summed E-state index contributed by atoms with van der Waals surface area (Å²) in [5, 5.41) is 4.26. The van der Waals surface area contributed by atoms with E-state index >= 15 is 0 Å². The Morgan fingerprint density at radius 2 is 2.09 bits per heavy atom. The quantitative estimate of drug-likeness (QED) is 0.800. The van der Waals surface area contributed by atoms with Crippen LogP contribution in [0.25, 0.3) is 0 Å². The van der Waals surface area contributed by atoms with Gasteiger partial charge in [0.25, 0.3) is 0 Å². The predicted molar refractivity (Wildman–Crippen MR) is 88.7 cm³/mol. The number of ether oxygens (including phenoxy) is 1. The second-order valence-electron chi connectivity index (χ2n) is 5.58. The number of anilines is 1. The molecule has 0 amide bonds. The van der Waals surface area contributed by atoms with Gasteiger partial charge in [-0.1, -0.05) is 0 Å². The molecule has 3 rings (SSSR count). The fourth-order valence-electron chi connectivity index (χ4n) is 2.78. The predicted octanol–water partition coefficient (Wildman–Crippen LogP) is 1.28. The molecule has 0 radical (unpaired) electrons. The first-order chi connectivity index (χ1) is 11.3. The third-order valence-corrected chi connectivity index (χ3v) is 3.99. The summed E-state index contributed by atoms with van der Waals surface area (Å²) in [6.45, 7) is 8.58. The maximum atomic E-state index is 5.47. The van der Waals surface area contributed by atoms with Gasteiger partial charge in [0.15, 0.2) is 0 Å². The van der Waals surface area contributed by atoms with Crippen LogP contribution in [0, 0.1) is 0 Å². The van der Waals surface area contributed by atoms with E-state index in [1.54, 1.807) is 12.3 Å². The van der Waals surface area contributed by atoms with Gasteiger partial charge in [0, 0.05) is 50.8 Å². The van der Waals surface area contributed by atoms with E-state index in [4.69, 9.17) is 4.74 Å². The van der Waals surface area contributed by atoms with Gasteiger partial charge in [-0.2, -0.15) is 10.1 Å². The third kappa shape index (κ3) is 4.41. The van der Waals surface area contributed by atoms with Crippen molar-refractivity contribution in [3.63, 3.8) is 0 Å². The van der Waals surface area contributed by atoms with Gasteiger partial charge in [-0.3, -0.25) is 9.58 Å². The van der Waals surface area contributed by atoms with Crippen LogP contribution in [0.1, 0.15) is 13.3 Å². The van der Waals surface area contributed by atoms with Crippen molar-refractivity contribution in [1.82, 2.24) is 24.6 Å². The molecule has 0 bridgehead atoms. The maximum absolute atomic E-state index is 5.47. The molecule has 124 valence electrons. The fourth-order valence-corrected chi connectivity index (χ4v) is 2.78. The molecule has 0 saturated carbocycles. The first-order valence-electron chi connectivity index (χ1n) is 8.25. The van der Waals surface area contributed by atoms with Gasteiger partial charge in [0.1, 0.15) is 0 Å². The van der Waals surface area contributed by atoms with E-state index in [1.807, 2.05) is 30.1 Å². The zero-order valence-electron chi connectivity index (χ0n) is 13.6. The zero-order valence-corrected chi connectivity index (χ0v) is 13.6. The second-order valence-corrected chi connectivity index (χ2v) is 5.58. The van der Waals surface area contributed by atoms with E-state index in [0.717, 1.165) is 51.6 Å². The lowest BCUT2D eigenvalue weighted by atomic mass is 10.4. The van der Waals surface area contributed by atoms with Crippen LogP contribution in [0.15, 0.2) is 30.7 Å². The summed E-state index contributed by atoms with van der Waals surface area (Å²) < 4.78 is 7.46. The normalized spacial score (nSPS) is 16.3. The monoisotopic (exact) mass is 316 g/mol. The van der Waals surface area contributed by atoms with E-state index in [1.165, 1.54) is 0 Å². The second kappa shape index (κ2) is 7.92. The Kier molecular flexibility index (Phi) is 5.42. The van der Waals surface area contributed by atoms with Crippen LogP contribution in [-0.4, -0.2) is 64.0 Å². The number of aromatic nitrogens is 4. The largest absolute Gasteiger partial charge is 0.478 e. The molecular formula is C16H24N6O. The molecule has 3 heterocycles. The van der Waals surface area contributed by atoms with Gasteiger partial charge in [-0.05, 0) is 26.0 Å². The van der Waals surface area contributed by atoms with Gasteiger partial charge in [-0.15, -0.1) is 0 Å². The van der Waals surface area contributed by atoms with Crippen molar-refractivity contribution in [2.75, 3.05) is 44.2 Å². The lowest BCUT2D eigenvalue weighted by Crippen LogP contribution is -2.33. The first-order valence-corrected chi connectivity index (χ1v) is 8.25. The summed E-state index contributed by atoms with van der Waals surface area (Å²) in [5.74, 6) is 1.42. The number of rotatable bonds is 6. The minimum absolute atomic E-state index is 0.623. The van der Waals surface area contributed by atoms with Gasteiger partial charge >= 0.3 is 0 Å². The van der Waals surface area contributed by atoms with Crippen LogP contribution in [0.2, 0.25) is 0 Å². The highest BCUT2D eigenvalue weighted by molar-refractivity contribution is 5.32. The lowest BCUT2D eigenvalue weighted by Gasteiger charge is -2.22. The van der Waals surface area contributed by atoms with Crippen molar-refractivity contribution in [3.8, 4) is 5.88 Å². The van der Waals surface area contributed by atoms with Crippen LogP contribution in [0.4, 0.5) is 5.95 Å². The van der Waals surface area contributed by atoms with Crippen LogP contribution in [0.3, 0.4) is 0 Å². The van der Waals surface area contributed by atoms with Gasteiger partial charge in [0.05, 0.1) is 13.2 Å². The Balaban J connectivity index is 1.54. The molecule has 23 heavy (non-hydrogen) atoms. The number of hydrogen-bond donors (Lipinski definition) is 0. The molecule has 1 aliphatic heterocycles. The van der Waals surface area contributed by atoms with Crippen LogP contribution in [-0.2, 0) is 6.54 Å². The average molecular weight is 316 g/mol. The fraction of sp³-hybridized carbons (Fsp3) is 0.562. The SMILES string of the molecule is CCOc1ccnc(N2CCCN(CCn3cccn3)CC2)n1. The maximum Gasteiger partial charge on any atom is 0.228 e. The van der Waals surface area contributed by atoms with E-state index in [-0.39, 0.29) is 0 Å². The van der Waals surface area contributed by atoms with E-state index in [9.17, 15) is 0 Å². The molecule has 0 aromatic carbocycles. The minimum atomic E-state index is 0.623. The standard InChI is InChI=1S/C16H24N6O/c1-2-23-15-5-7-17-16(19-15)21-9-4-8-20(11-13-21)12-14-22-10-3-6-18-22/h3,5-7,10H,2,4,8-9,11-14H2,1H3. The number of hydrogen-bond acceptors (Lipinski definition) is 6. The average Bonchev–Trinajstić information content (AvgIpc) is 2.98. The highest BCUT2D eigenvalue weighted by atomic mass is 16.5. The molecule has 0 N–H and O–H groups in total. The summed E-state index contributed by atoms with van der Waals surface area (Å²) in [6, 6.07) is 3.77. The third-order valence-electron chi connectivity index (χ3n) is 3.99. The van der Waals surface area contributed by atoms with Crippen LogP contribution < -0.4 is 9.64 Å². The molecule has 0 atom stereocenters. The van der Waals surface area contributed by atoms with Gasteiger partial charge < -0.3 is 9.64 Å². The van der Waals surface area contributed by atoms with Gasteiger partial charge in [0.2, 0.25) is 11.8 Å². The summed E-state index contributed by atoms with van der Waals surface area (Å²) in [7, 11) is 0. The van der Waals surface area contributed by atoms with Crippen molar-refractivity contribution in [3.05, 3.63) is 30.7 Å². The Hall–Kier alpha value is -2.15. The smallest absolute Gasteiger partial charge is 0.228 e. The molecule has 0 spiro atoms. The molecule has 2 aromatic heterocycles. The first kappa shape index (κ1) is 15.7. The van der Waals surface area contributed by atoms with Crippen molar-refractivity contribution >= 4 is 5.95 Å². The molecule has 7 heteroatoms. The van der Waals surface area contributed by atoms with Crippen molar-refractivity contribution in [1.29, 1.82) is 0 Å². The Bertz CT molecular complexity index is 588. The number of nitrogens with zero attached hydrogens (tertiary/aromatic N) is 6. The summed E-state index contributed by atoms with van der Waals surface area (Å²) in [6.07, 6.45) is 6.72. The van der Waals surface area contributed by atoms with E-state index in [0.29, 0.717) is 12.5 Å². The Morgan fingerprint density at radius 3 is 2.91 bits per heavy atom. The zero-order chi connectivity index (χ0) is 15.9. The van der Waals surface area contributed by atoms with Crippen molar-refractivity contribution in [2.24, 2.45) is 0 Å². The van der Waals surface area contributed by atoms with E-state index in [2.05, 4.69) is 24.9 Å². The minimum Gasteiger partial charge on any atom is -0.478 e. The van der Waals surface area contributed by atoms with Crippen LogP contribution >= 0.6 is 0 Å².